The van der Waals surface area contributed by atoms with Crippen molar-refractivity contribution in [2.24, 2.45) is 0 Å². The van der Waals surface area contributed by atoms with Gasteiger partial charge in [0.15, 0.2) is 0 Å². The molecule has 0 N–H and O–H groups in total. The highest BCUT2D eigenvalue weighted by Crippen LogP contribution is 2.57. The van der Waals surface area contributed by atoms with E-state index < -0.39 is 7.92 Å². The number of hydrogen-bond acceptors (Lipinski definition) is 8. The number of rotatable bonds is 19. The van der Waals surface area contributed by atoms with E-state index in [0.29, 0.717) is 0 Å². The van der Waals surface area contributed by atoms with Crippen LogP contribution >= 0.6 is 7.92 Å². The van der Waals surface area contributed by atoms with Crippen LogP contribution < -0.4 is 53.8 Å². The molecule has 0 spiro atoms. The Morgan fingerprint density at radius 3 is 0.904 bits per heavy atom. The Bertz CT molecular complexity index is 2680. The van der Waals surface area contributed by atoms with Crippen molar-refractivity contribution >= 4 is 23.8 Å². The van der Waals surface area contributed by atoms with Gasteiger partial charge in [-0.05, 0) is 68.5 Å². The van der Waals surface area contributed by atoms with Crippen LogP contribution in [0.3, 0.4) is 0 Å². The van der Waals surface area contributed by atoms with Crippen molar-refractivity contribution < 1.29 is 37.9 Å². The Labute approximate surface area is 434 Å². The highest BCUT2D eigenvalue weighted by molar-refractivity contribution is 7.80. The molecule has 1 aliphatic carbocycles. The van der Waals surface area contributed by atoms with Gasteiger partial charge in [0.25, 0.3) is 0 Å². The predicted octanol–water partition coefficient (Wildman–Crippen LogP) is 15.5. The van der Waals surface area contributed by atoms with Crippen molar-refractivity contribution in [1.82, 2.24) is 0 Å². The molecule has 0 saturated heterocycles. The van der Waals surface area contributed by atoms with E-state index in [1.165, 1.54) is 55.1 Å². The Morgan fingerprint density at radius 1 is 0.329 bits per heavy atom. The van der Waals surface area contributed by atoms with Crippen molar-refractivity contribution in [3.63, 3.8) is 0 Å². The summed E-state index contributed by atoms with van der Waals surface area (Å²) in [6.07, 6.45) is 16.9. The van der Waals surface area contributed by atoms with Crippen molar-refractivity contribution in [3.05, 3.63) is 148 Å². The molecule has 4 aliphatic heterocycles. The molecule has 0 radical (unpaired) electrons. The zero-order chi connectivity index (χ0) is 49.7. The zero-order valence-corrected chi connectivity index (χ0v) is 44.4. The largest absolute Gasteiger partial charge is 0.457 e. The third kappa shape index (κ3) is 9.86. The Balaban J connectivity index is 1.29. The van der Waals surface area contributed by atoms with Gasteiger partial charge >= 0.3 is 0 Å². The third-order valence-corrected chi connectivity index (χ3v) is 18.5. The minimum absolute atomic E-state index is 0.0129. The fourth-order valence-corrected chi connectivity index (χ4v) is 14.9. The van der Waals surface area contributed by atoms with Gasteiger partial charge in [-0.1, -0.05) is 165 Å². The lowest BCUT2D eigenvalue weighted by atomic mass is 9.76. The first-order valence-corrected chi connectivity index (χ1v) is 29.1. The lowest BCUT2D eigenvalue weighted by molar-refractivity contribution is 0.0994. The molecule has 0 fully saturated rings. The van der Waals surface area contributed by atoms with Gasteiger partial charge in [0.2, 0.25) is 27.2 Å². The Hall–Kier alpha value is -5.85. The van der Waals surface area contributed by atoms with Gasteiger partial charge in [-0.25, -0.2) is 0 Å². The van der Waals surface area contributed by atoms with E-state index in [1.807, 2.05) is 0 Å². The van der Waals surface area contributed by atoms with E-state index in [4.69, 9.17) is 37.9 Å². The second-order valence-corrected chi connectivity index (χ2v) is 22.8. The zero-order valence-electron chi connectivity index (χ0n) is 43.5. The van der Waals surface area contributed by atoms with Crippen LogP contribution in [0, 0.1) is 0 Å². The van der Waals surface area contributed by atoms with Crippen LogP contribution in [0.1, 0.15) is 199 Å². The van der Waals surface area contributed by atoms with E-state index in [-0.39, 0.29) is 50.8 Å². The third-order valence-electron chi connectivity index (χ3n) is 16.0. The second kappa shape index (κ2) is 22.7. The Morgan fingerprint density at radius 2 is 0.603 bits per heavy atom. The molecule has 382 valence electrons. The van der Waals surface area contributed by atoms with Crippen molar-refractivity contribution in [2.45, 2.75) is 154 Å². The van der Waals surface area contributed by atoms with Gasteiger partial charge in [0.05, 0.1) is 5.30 Å². The lowest BCUT2D eigenvalue weighted by Crippen LogP contribution is -2.30. The van der Waals surface area contributed by atoms with Gasteiger partial charge in [-0.2, -0.15) is 0 Å². The first-order valence-electron chi connectivity index (χ1n) is 27.7. The van der Waals surface area contributed by atoms with E-state index in [1.54, 1.807) is 0 Å². The van der Waals surface area contributed by atoms with Gasteiger partial charge in [0, 0.05) is 86.4 Å². The first-order chi connectivity index (χ1) is 36.1. The summed E-state index contributed by atoms with van der Waals surface area (Å²) >= 11 is 0. The first kappa shape index (κ1) is 49.4. The molecule has 6 aromatic carbocycles. The molecule has 73 heavy (non-hydrogen) atoms. The molecule has 2 unspecified atom stereocenters. The van der Waals surface area contributed by atoms with Gasteiger partial charge in [0.1, 0.15) is 46.0 Å². The van der Waals surface area contributed by atoms with Crippen LogP contribution in [0.2, 0.25) is 0 Å². The number of hydrogen-bond donors (Lipinski definition) is 0. The van der Waals surface area contributed by atoms with Crippen LogP contribution in [-0.4, -0.2) is 27.2 Å². The topological polar surface area (TPSA) is 73.8 Å². The summed E-state index contributed by atoms with van der Waals surface area (Å²) in [6.45, 7) is 9.33. The average molecular weight is 1000 g/mol. The maximum absolute atomic E-state index is 7.26. The fourth-order valence-electron chi connectivity index (χ4n) is 12.4. The molecule has 4 atom stereocenters. The quantitative estimate of drug-likeness (QED) is 0.0587. The van der Waals surface area contributed by atoms with Gasteiger partial charge < -0.3 is 37.9 Å². The molecule has 8 nitrogen and oxygen atoms in total. The monoisotopic (exact) mass is 1000 g/mol. The standard InChI is InChI=1S/C64H73O8P/c1-5-9-15-27-44-48-31-49-45(28-16-10-6-2)51-33-53-47(30-18-12-8-4)55-34-54-46(29-17-11-7-3)52-32-50(44)58-36-60(52)69-40-71-62(54)64(73(42-23-19-13-20-24-42)43-25-21-14-22-26-43)63(55)72-41-70-61(53)37-59(51)68-39-66-57(49)35-56(48)65-38-67-58/h13-14,19-26,31-37,44-47H,5-12,15-18,27-30,38-41H2,1-4H3/t44?,45?,46-,47-/m1/s1. The molecule has 0 amide bonds. The SMILES string of the molecule is CCCCCC1c2cc3c4cc2OCOc2cc5c(cc21)[C@@H](CCCCC)c1cc2c(c(P(c6ccccc6)c6ccccc6)c1OCO5)OCOc1cc(c(cc1[C@H]2CCCCC)C3CCCCC)OCO4. The maximum atomic E-state index is 7.26. The Kier molecular flexibility index (Phi) is 15.4. The molecule has 0 aromatic heterocycles. The smallest absolute Gasteiger partial charge is 0.230 e. The predicted molar refractivity (Wildman–Crippen MR) is 293 cm³/mol. The second-order valence-electron chi connectivity index (χ2n) is 20.7. The maximum Gasteiger partial charge on any atom is 0.230 e. The van der Waals surface area contributed by atoms with E-state index >= 15 is 0 Å². The number of ether oxygens (including phenoxy) is 8. The molecular formula is C64H73O8P. The van der Waals surface area contributed by atoms with Crippen molar-refractivity contribution in [1.29, 1.82) is 0 Å². The van der Waals surface area contributed by atoms with Gasteiger partial charge in [-0.3, -0.25) is 0 Å². The summed E-state index contributed by atoms with van der Waals surface area (Å²) in [6, 6.07) is 38.4. The van der Waals surface area contributed by atoms with Gasteiger partial charge in [-0.15, -0.1) is 0 Å². The van der Waals surface area contributed by atoms with Crippen molar-refractivity contribution in [3.8, 4) is 46.0 Å². The fraction of sp³-hybridized carbons (Fsp3) is 0.438. The lowest BCUT2D eigenvalue weighted by Gasteiger charge is -2.37. The summed E-state index contributed by atoms with van der Waals surface area (Å²) in [5, 5.41) is 3.54. The number of benzene rings is 6. The summed E-state index contributed by atoms with van der Waals surface area (Å²) in [4.78, 5) is 0. The molecule has 4 heterocycles. The molecular weight excluding hydrogens is 928 g/mol. The summed E-state index contributed by atoms with van der Waals surface area (Å²) in [5.74, 6) is 6.39. The minimum Gasteiger partial charge on any atom is -0.457 e. The molecule has 8 bridgehead atoms. The highest BCUT2D eigenvalue weighted by atomic mass is 31.1. The van der Waals surface area contributed by atoms with E-state index in [0.717, 1.165) is 154 Å². The van der Waals surface area contributed by atoms with Crippen LogP contribution in [-0.2, 0) is 0 Å². The summed E-state index contributed by atoms with van der Waals surface area (Å²) in [5.41, 5.74) is 9.50. The molecule has 9 heteroatoms. The van der Waals surface area contributed by atoms with Crippen LogP contribution in [0.15, 0.2) is 103 Å². The molecule has 11 rings (SSSR count). The van der Waals surface area contributed by atoms with Crippen LogP contribution in [0.5, 0.6) is 46.0 Å². The van der Waals surface area contributed by atoms with E-state index in [2.05, 4.69) is 131 Å². The van der Waals surface area contributed by atoms with Crippen molar-refractivity contribution in [2.75, 3.05) is 27.2 Å². The normalized spacial score (nSPS) is 18.7. The summed E-state index contributed by atoms with van der Waals surface area (Å²) < 4.78 is 55.2. The molecule has 6 aromatic rings. The van der Waals surface area contributed by atoms with Crippen LogP contribution in [0.25, 0.3) is 0 Å². The van der Waals surface area contributed by atoms with Crippen LogP contribution in [0.4, 0.5) is 0 Å². The molecule has 0 saturated carbocycles. The highest BCUT2D eigenvalue weighted by Gasteiger charge is 2.40. The number of unbranched alkanes of at least 4 members (excludes halogenated alkanes) is 8. The summed E-state index contributed by atoms with van der Waals surface area (Å²) in [7, 11) is -1.23. The minimum atomic E-state index is -1.23. The van der Waals surface area contributed by atoms with E-state index in [9.17, 15) is 0 Å². The molecule has 5 aliphatic rings. The average Bonchev–Trinajstić information content (AvgIpc) is 3.39.